The molecule has 0 radical (unpaired) electrons. The van der Waals surface area contributed by atoms with Gasteiger partial charge in [0.05, 0.1) is 19.1 Å². The Balaban J connectivity index is 1.67. The summed E-state index contributed by atoms with van der Waals surface area (Å²) in [5.41, 5.74) is 6.67. The number of nitrogens with two attached hydrogens (primary N) is 1. The number of hydrogen-bond donors (Lipinski definition) is 2. The van der Waals surface area contributed by atoms with Crippen LogP contribution >= 0.6 is 0 Å². The van der Waals surface area contributed by atoms with E-state index >= 15 is 0 Å². The molecule has 27 heavy (non-hydrogen) atoms. The van der Waals surface area contributed by atoms with Crippen LogP contribution in [0.3, 0.4) is 0 Å². The van der Waals surface area contributed by atoms with Crippen LogP contribution in [0.1, 0.15) is 34.6 Å². The fourth-order valence-electron chi connectivity index (χ4n) is 3.17. The van der Waals surface area contributed by atoms with Crippen LogP contribution in [0.5, 0.6) is 0 Å². The highest BCUT2D eigenvalue weighted by atomic mass is 19.1. The van der Waals surface area contributed by atoms with Gasteiger partial charge in [-0.15, -0.1) is 0 Å². The highest BCUT2D eigenvalue weighted by molar-refractivity contribution is 6.02. The quantitative estimate of drug-likeness (QED) is 0.736. The number of halogens is 1. The van der Waals surface area contributed by atoms with Crippen molar-refractivity contribution in [2.24, 2.45) is 10.7 Å². The van der Waals surface area contributed by atoms with Gasteiger partial charge >= 0.3 is 0 Å². The number of imidazole rings is 1. The molecule has 9 heteroatoms. The Labute approximate surface area is 153 Å². The van der Waals surface area contributed by atoms with E-state index in [0.29, 0.717) is 29.4 Å². The summed E-state index contributed by atoms with van der Waals surface area (Å²) >= 11 is 0. The van der Waals surface area contributed by atoms with Crippen molar-refractivity contribution in [3.8, 4) is 0 Å². The van der Waals surface area contributed by atoms with Crippen molar-refractivity contribution in [3.05, 3.63) is 65.6 Å². The average Bonchev–Trinajstić information content (AvgIpc) is 3.25. The number of nitrogens with zero attached hydrogens (tertiary/aromatic N) is 4. The van der Waals surface area contributed by atoms with Gasteiger partial charge in [0.1, 0.15) is 29.1 Å². The summed E-state index contributed by atoms with van der Waals surface area (Å²) in [6.07, 6.45) is 4.51. The maximum atomic E-state index is 14.6. The van der Waals surface area contributed by atoms with Crippen molar-refractivity contribution in [1.29, 1.82) is 0 Å². The molecule has 0 saturated heterocycles. The molecule has 1 amide bonds. The minimum Gasteiger partial charge on any atom is -0.448 e. The molecule has 138 valence electrons. The van der Waals surface area contributed by atoms with E-state index in [1.165, 1.54) is 18.4 Å². The minimum atomic E-state index is -0.937. The lowest BCUT2D eigenvalue weighted by Crippen LogP contribution is -2.37. The first kappa shape index (κ1) is 17.0. The Morgan fingerprint density at radius 1 is 1.44 bits per heavy atom. The lowest BCUT2D eigenvalue weighted by Gasteiger charge is -2.32. The van der Waals surface area contributed by atoms with Crippen molar-refractivity contribution < 1.29 is 13.6 Å². The molecule has 1 atom stereocenters. The van der Waals surface area contributed by atoms with E-state index in [0.717, 1.165) is 0 Å². The normalized spacial score (nSPS) is 18.7. The van der Waals surface area contributed by atoms with E-state index in [4.69, 9.17) is 10.2 Å². The predicted molar refractivity (Wildman–Crippen MR) is 95.9 cm³/mol. The number of fused-ring (bicyclic) bond motifs is 1. The molecule has 0 bridgehead atoms. The molecule has 8 nitrogen and oxygen atoms in total. The predicted octanol–water partition coefficient (Wildman–Crippen LogP) is 2.21. The van der Waals surface area contributed by atoms with E-state index in [1.807, 2.05) is 4.57 Å². The number of benzene rings is 1. The maximum Gasteiger partial charge on any atom is 0.277 e. The third-order valence-electron chi connectivity index (χ3n) is 4.48. The molecule has 3 aromatic rings. The van der Waals surface area contributed by atoms with E-state index in [2.05, 4.69) is 20.3 Å². The van der Waals surface area contributed by atoms with Gasteiger partial charge in [0.15, 0.2) is 11.6 Å². The number of aryl methyl sites for hydroxylation is 1. The second-order valence-electron chi connectivity index (χ2n) is 6.58. The summed E-state index contributed by atoms with van der Waals surface area (Å²) < 4.78 is 21.5. The highest BCUT2D eigenvalue weighted by Gasteiger charge is 2.34. The molecule has 1 aliphatic rings. The van der Waals surface area contributed by atoms with Crippen molar-refractivity contribution in [2.75, 3.05) is 5.32 Å². The number of aliphatic imine (C=N–C) groups is 1. The SMILES string of the molecule is Cc1nc(C(=O)Nc2ccc(F)c([C@]3(C)Cn4cncc4C(N)=N3)c2)co1. The van der Waals surface area contributed by atoms with Crippen molar-refractivity contribution in [2.45, 2.75) is 25.9 Å². The summed E-state index contributed by atoms with van der Waals surface area (Å²) in [6.45, 7) is 3.80. The molecule has 4 rings (SSSR count). The number of carbonyl (C=O) groups excluding carboxylic acids is 1. The van der Waals surface area contributed by atoms with Gasteiger partial charge in [-0.3, -0.25) is 9.79 Å². The average molecular weight is 368 g/mol. The molecule has 0 fully saturated rings. The van der Waals surface area contributed by atoms with Gasteiger partial charge in [0.25, 0.3) is 5.91 Å². The minimum absolute atomic E-state index is 0.146. The summed E-state index contributed by atoms with van der Waals surface area (Å²) in [7, 11) is 0. The van der Waals surface area contributed by atoms with Crippen LogP contribution in [0.2, 0.25) is 0 Å². The number of rotatable bonds is 3. The highest BCUT2D eigenvalue weighted by Crippen LogP contribution is 2.34. The maximum absolute atomic E-state index is 14.6. The molecule has 0 saturated carbocycles. The van der Waals surface area contributed by atoms with Gasteiger partial charge in [0, 0.05) is 18.2 Å². The third-order valence-corrected chi connectivity index (χ3v) is 4.48. The molecule has 3 heterocycles. The van der Waals surface area contributed by atoms with Crippen LogP contribution < -0.4 is 11.1 Å². The monoisotopic (exact) mass is 368 g/mol. The summed E-state index contributed by atoms with van der Waals surface area (Å²) in [6, 6.07) is 4.32. The summed E-state index contributed by atoms with van der Waals surface area (Å²) in [5, 5.41) is 2.69. The van der Waals surface area contributed by atoms with Crippen LogP contribution in [0.4, 0.5) is 10.1 Å². The number of hydrogen-bond acceptors (Lipinski definition) is 6. The van der Waals surface area contributed by atoms with E-state index in [1.54, 1.807) is 32.4 Å². The van der Waals surface area contributed by atoms with Crippen LogP contribution in [-0.4, -0.2) is 26.3 Å². The number of aromatic nitrogens is 3. The zero-order chi connectivity index (χ0) is 19.2. The van der Waals surface area contributed by atoms with Crippen LogP contribution in [0.25, 0.3) is 0 Å². The topological polar surface area (TPSA) is 111 Å². The molecule has 0 unspecified atom stereocenters. The van der Waals surface area contributed by atoms with Gasteiger partial charge < -0.3 is 20.0 Å². The molecule has 0 spiro atoms. The van der Waals surface area contributed by atoms with Crippen molar-refractivity contribution >= 4 is 17.4 Å². The zero-order valence-electron chi connectivity index (χ0n) is 14.7. The Morgan fingerprint density at radius 3 is 3.00 bits per heavy atom. The largest absolute Gasteiger partial charge is 0.448 e. The van der Waals surface area contributed by atoms with E-state index < -0.39 is 17.3 Å². The number of oxazole rings is 1. The molecule has 0 aliphatic carbocycles. The first-order valence-electron chi connectivity index (χ1n) is 8.25. The second-order valence-corrected chi connectivity index (χ2v) is 6.58. The van der Waals surface area contributed by atoms with Gasteiger partial charge in [-0.05, 0) is 25.1 Å². The number of anilines is 1. The van der Waals surface area contributed by atoms with E-state index in [9.17, 15) is 9.18 Å². The Morgan fingerprint density at radius 2 is 2.26 bits per heavy atom. The molecule has 1 aromatic carbocycles. The summed E-state index contributed by atoms with van der Waals surface area (Å²) in [5.74, 6) is -0.213. The fraction of sp³-hybridized carbons (Fsp3) is 0.222. The molecule has 3 N–H and O–H groups in total. The first-order chi connectivity index (χ1) is 12.9. The van der Waals surface area contributed by atoms with Crippen LogP contribution in [0.15, 0.2) is 46.4 Å². The molecular formula is C18H17FN6O2. The Kier molecular flexibility index (Phi) is 3.79. The number of amides is 1. The smallest absolute Gasteiger partial charge is 0.277 e. The van der Waals surface area contributed by atoms with Crippen LogP contribution in [-0.2, 0) is 12.1 Å². The van der Waals surface area contributed by atoms with Gasteiger partial charge in [-0.25, -0.2) is 14.4 Å². The van der Waals surface area contributed by atoms with Crippen molar-refractivity contribution in [1.82, 2.24) is 14.5 Å². The standard InChI is InChI=1S/C18H17FN6O2/c1-10-22-14(7-27-10)17(26)23-11-3-4-13(19)12(5-11)18(2)8-25-9-21-6-15(25)16(20)24-18/h3-7,9H,8H2,1-2H3,(H2,20,24)(H,23,26)/t18-/m0/s1. The van der Waals surface area contributed by atoms with Crippen molar-refractivity contribution in [3.63, 3.8) is 0 Å². The second kappa shape index (κ2) is 6.04. The van der Waals surface area contributed by atoms with Gasteiger partial charge in [-0.1, -0.05) is 0 Å². The molecular weight excluding hydrogens is 351 g/mol. The lowest BCUT2D eigenvalue weighted by atomic mass is 9.90. The van der Waals surface area contributed by atoms with E-state index in [-0.39, 0.29) is 11.5 Å². The van der Waals surface area contributed by atoms with Gasteiger partial charge in [-0.2, -0.15) is 0 Å². The van der Waals surface area contributed by atoms with Gasteiger partial charge in [0.2, 0.25) is 0 Å². The van der Waals surface area contributed by atoms with Crippen LogP contribution in [0, 0.1) is 12.7 Å². The molecule has 2 aromatic heterocycles. The summed E-state index contributed by atoms with van der Waals surface area (Å²) in [4.78, 5) is 24.8. The fourth-order valence-corrected chi connectivity index (χ4v) is 3.17. The first-order valence-corrected chi connectivity index (χ1v) is 8.25. The number of amidine groups is 1. The lowest BCUT2D eigenvalue weighted by molar-refractivity contribution is 0.102. The number of nitrogens with one attached hydrogen (secondary N) is 1. The Bertz CT molecular complexity index is 1070. The third kappa shape index (κ3) is 2.97. The Hall–Kier alpha value is -3.49. The zero-order valence-corrected chi connectivity index (χ0v) is 14.7. The molecule has 1 aliphatic heterocycles. The number of carbonyl (C=O) groups is 1.